The van der Waals surface area contributed by atoms with Gasteiger partial charge >= 0.3 is 0 Å². The van der Waals surface area contributed by atoms with Crippen LogP contribution < -0.4 is 11.1 Å². The van der Waals surface area contributed by atoms with Crippen molar-refractivity contribution in [3.8, 4) is 0 Å². The SMILES string of the molecule is C=C/C(Br)=C(Cl)\N=C(/N)Nc1ccc(S(C)(=N)=O)cc1. The quantitative estimate of drug-likeness (QED) is 0.325. The molecule has 0 radical (unpaired) electrons. The van der Waals surface area contributed by atoms with E-state index in [0.29, 0.717) is 15.1 Å². The Morgan fingerprint density at radius 2 is 2.10 bits per heavy atom. The maximum Gasteiger partial charge on any atom is 0.199 e. The molecule has 108 valence electrons. The Morgan fingerprint density at radius 1 is 1.55 bits per heavy atom. The van der Waals surface area contributed by atoms with Crippen LogP contribution in [-0.2, 0) is 9.73 Å². The second-order valence-corrected chi connectivity index (χ2v) is 7.20. The molecule has 4 N–H and O–H groups in total. The van der Waals surface area contributed by atoms with Gasteiger partial charge in [-0.3, -0.25) is 0 Å². The van der Waals surface area contributed by atoms with E-state index in [-0.39, 0.29) is 11.1 Å². The van der Waals surface area contributed by atoms with Crippen LogP contribution >= 0.6 is 27.5 Å². The predicted molar refractivity (Wildman–Crippen MR) is 88.7 cm³/mol. The molecule has 20 heavy (non-hydrogen) atoms. The molecular weight excluding hydrogens is 364 g/mol. The Morgan fingerprint density at radius 3 is 2.55 bits per heavy atom. The second kappa shape index (κ2) is 6.92. The van der Waals surface area contributed by atoms with Crippen molar-refractivity contribution in [1.82, 2.24) is 0 Å². The third-order valence-corrected chi connectivity index (χ3v) is 4.56. The molecule has 0 heterocycles. The van der Waals surface area contributed by atoms with E-state index in [2.05, 4.69) is 32.8 Å². The number of benzene rings is 1. The van der Waals surface area contributed by atoms with Crippen molar-refractivity contribution in [3.05, 3.63) is 46.6 Å². The van der Waals surface area contributed by atoms with Gasteiger partial charge in [-0.1, -0.05) is 24.3 Å². The fourth-order valence-corrected chi connectivity index (χ4v) is 2.13. The van der Waals surface area contributed by atoms with Gasteiger partial charge in [0.25, 0.3) is 0 Å². The number of nitrogens with one attached hydrogen (secondary N) is 2. The highest BCUT2D eigenvalue weighted by atomic mass is 79.9. The topological polar surface area (TPSA) is 91.3 Å². The summed E-state index contributed by atoms with van der Waals surface area (Å²) in [6.07, 6.45) is 2.86. The van der Waals surface area contributed by atoms with Crippen molar-refractivity contribution in [2.45, 2.75) is 4.90 Å². The van der Waals surface area contributed by atoms with Gasteiger partial charge in [0.05, 0.1) is 14.2 Å². The predicted octanol–water partition coefficient (Wildman–Crippen LogP) is 3.44. The van der Waals surface area contributed by atoms with Gasteiger partial charge < -0.3 is 11.1 Å². The average Bonchev–Trinajstić information content (AvgIpc) is 2.37. The molecule has 5 nitrogen and oxygen atoms in total. The van der Waals surface area contributed by atoms with Crippen molar-refractivity contribution in [3.63, 3.8) is 0 Å². The fourth-order valence-electron chi connectivity index (χ4n) is 1.22. The first-order chi connectivity index (χ1) is 9.24. The van der Waals surface area contributed by atoms with Crippen LogP contribution in [-0.4, -0.2) is 16.4 Å². The lowest BCUT2D eigenvalue weighted by Crippen LogP contribution is -2.22. The van der Waals surface area contributed by atoms with Gasteiger partial charge in [0.1, 0.15) is 5.16 Å². The van der Waals surface area contributed by atoms with E-state index in [1.54, 1.807) is 24.3 Å². The van der Waals surface area contributed by atoms with Crippen LogP contribution in [0.5, 0.6) is 0 Å². The van der Waals surface area contributed by atoms with E-state index in [1.165, 1.54) is 12.3 Å². The Balaban J connectivity index is 2.90. The van der Waals surface area contributed by atoms with Crippen LogP contribution in [0.25, 0.3) is 0 Å². The largest absolute Gasteiger partial charge is 0.369 e. The molecule has 8 heteroatoms. The van der Waals surface area contributed by atoms with Gasteiger partial charge in [-0.15, -0.1) is 0 Å². The molecule has 0 aliphatic carbocycles. The molecular formula is C12H14BrClN4OS. The lowest BCUT2D eigenvalue weighted by Gasteiger charge is -2.07. The highest BCUT2D eigenvalue weighted by molar-refractivity contribution is 9.12. The number of guanidine groups is 1. The van der Waals surface area contributed by atoms with Crippen molar-refractivity contribution >= 4 is 48.9 Å². The molecule has 0 bridgehead atoms. The van der Waals surface area contributed by atoms with E-state index < -0.39 is 9.73 Å². The summed E-state index contributed by atoms with van der Waals surface area (Å²) in [4.78, 5) is 4.38. The summed E-state index contributed by atoms with van der Waals surface area (Å²) in [5, 5.41) is 3.00. The van der Waals surface area contributed by atoms with Crippen molar-refractivity contribution in [2.24, 2.45) is 10.7 Å². The van der Waals surface area contributed by atoms with Crippen LogP contribution in [0.15, 0.2) is 56.4 Å². The van der Waals surface area contributed by atoms with Crippen LogP contribution in [0.3, 0.4) is 0 Å². The minimum absolute atomic E-state index is 0.102. The molecule has 0 amide bonds. The summed E-state index contributed by atoms with van der Waals surface area (Å²) in [7, 11) is -2.72. The zero-order valence-corrected chi connectivity index (χ0v) is 13.8. The molecule has 0 saturated carbocycles. The lowest BCUT2D eigenvalue weighted by atomic mass is 10.3. The summed E-state index contributed by atoms with van der Waals surface area (Å²) in [6, 6.07) is 6.52. The minimum Gasteiger partial charge on any atom is -0.369 e. The van der Waals surface area contributed by atoms with Crippen molar-refractivity contribution < 1.29 is 4.21 Å². The molecule has 1 aromatic carbocycles. The number of hydrogen-bond acceptors (Lipinski definition) is 3. The molecule has 0 fully saturated rings. The van der Waals surface area contributed by atoms with Crippen molar-refractivity contribution in [1.29, 1.82) is 4.78 Å². The van der Waals surface area contributed by atoms with E-state index in [4.69, 9.17) is 22.1 Å². The first-order valence-electron chi connectivity index (χ1n) is 5.37. The summed E-state index contributed by atoms with van der Waals surface area (Å²) < 4.78 is 19.5. The highest BCUT2D eigenvalue weighted by Crippen LogP contribution is 2.18. The first kappa shape index (κ1) is 16.7. The number of nitrogens with zero attached hydrogens (tertiary/aromatic N) is 1. The van der Waals surface area contributed by atoms with Gasteiger partial charge in [0.2, 0.25) is 0 Å². The van der Waals surface area contributed by atoms with E-state index in [0.717, 1.165) is 0 Å². The molecule has 0 aromatic heterocycles. The zero-order chi connectivity index (χ0) is 15.3. The lowest BCUT2D eigenvalue weighted by molar-refractivity contribution is 0.679. The average molecular weight is 378 g/mol. The van der Waals surface area contributed by atoms with Gasteiger partial charge in [-0.25, -0.2) is 14.0 Å². The van der Waals surface area contributed by atoms with Gasteiger partial charge in [-0.2, -0.15) is 0 Å². The van der Waals surface area contributed by atoms with E-state index >= 15 is 0 Å². The zero-order valence-electron chi connectivity index (χ0n) is 10.7. The van der Waals surface area contributed by atoms with Gasteiger partial charge in [0.15, 0.2) is 5.96 Å². The summed E-state index contributed by atoms with van der Waals surface area (Å²) in [6.45, 7) is 3.54. The monoisotopic (exact) mass is 376 g/mol. The van der Waals surface area contributed by atoms with Gasteiger partial charge in [0, 0.05) is 16.8 Å². The molecule has 1 rings (SSSR count). The van der Waals surface area contributed by atoms with E-state index in [1.807, 2.05) is 0 Å². The summed E-state index contributed by atoms with van der Waals surface area (Å²) in [5.41, 5.74) is 6.35. The number of allylic oxidation sites excluding steroid dienone is 2. The maximum absolute atomic E-state index is 11.5. The molecule has 0 aliphatic rings. The summed E-state index contributed by atoms with van der Waals surface area (Å²) >= 11 is 9.04. The number of hydrogen-bond donors (Lipinski definition) is 3. The molecule has 1 atom stereocenters. The maximum atomic E-state index is 11.5. The Labute approximate surface area is 131 Å². The van der Waals surface area contributed by atoms with Gasteiger partial charge in [-0.05, 0) is 40.2 Å². The second-order valence-electron chi connectivity index (χ2n) is 3.83. The molecule has 0 saturated heterocycles. The van der Waals surface area contributed by atoms with Crippen LogP contribution in [0.2, 0.25) is 0 Å². The Bertz CT molecular complexity index is 665. The third kappa shape index (κ3) is 4.99. The number of aliphatic imine (C=N–C) groups is 1. The molecule has 1 unspecified atom stereocenters. The minimum atomic E-state index is -2.72. The van der Waals surface area contributed by atoms with E-state index in [9.17, 15) is 4.21 Å². The fraction of sp³-hybridized carbons (Fsp3) is 0.0833. The van der Waals surface area contributed by atoms with Crippen LogP contribution in [0.4, 0.5) is 5.69 Å². The first-order valence-corrected chi connectivity index (χ1v) is 8.50. The molecule has 0 spiro atoms. The summed E-state index contributed by atoms with van der Waals surface area (Å²) in [5.74, 6) is 0.102. The molecule has 0 aliphatic heterocycles. The van der Waals surface area contributed by atoms with Crippen LogP contribution in [0.1, 0.15) is 0 Å². The molecule has 1 aromatic rings. The highest BCUT2D eigenvalue weighted by Gasteiger charge is 2.03. The number of rotatable bonds is 4. The number of halogens is 2. The third-order valence-electron chi connectivity index (χ3n) is 2.17. The standard InChI is InChI=1S/C12H14BrClN4OS/c1-3-10(13)11(14)18-12(15)17-8-4-6-9(7-5-8)20(2,16)19/h3-7,16H,1H2,2H3,(H3,15,17,18)/b11-10+. The smallest absolute Gasteiger partial charge is 0.199 e. The van der Waals surface area contributed by atoms with Crippen LogP contribution in [0, 0.1) is 4.78 Å². The normalized spacial score (nSPS) is 16.1. The van der Waals surface area contributed by atoms with Crippen molar-refractivity contribution in [2.75, 3.05) is 11.6 Å². The number of nitrogens with two attached hydrogens (primary N) is 1. The number of anilines is 1. The Hall–Kier alpha value is -1.31. The Kier molecular flexibility index (Phi) is 5.79.